The minimum Gasteiger partial charge on any atom is -0.507 e. The number of pyridine rings is 1. The second-order valence-electron chi connectivity index (χ2n) is 9.55. The molecule has 0 spiro atoms. The highest BCUT2D eigenvalue weighted by Gasteiger charge is 2.23. The number of ether oxygens (including phenoxy) is 1. The van der Waals surface area contributed by atoms with Crippen LogP contribution in [0.4, 0.5) is 4.79 Å². The lowest BCUT2D eigenvalue weighted by atomic mass is 10.1. The van der Waals surface area contributed by atoms with E-state index in [1.807, 2.05) is 30.3 Å². The number of tetrazole rings is 1. The number of nitrogens with zero attached hydrogens (tertiary/aromatic N) is 5. The van der Waals surface area contributed by atoms with Crippen LogP contribution in [0.1, 0.15) is 23.0 Å². The Kier molecular flexibility index (Phi) is 7.77. The van der Waals surface area contributed by atoms with E-state index in [1.54, 1.807) is 36.4 Å². The summed E-state index contributed by atoms with van der Waals surface area (Å²) >= 11 is 12.8. The van der Waals surface area contributed by atoms with Gasteiger partial charge in [0.25, 0.3) is 5.56 Å². The molecule has 3 aromatic carbocycles. The molecule has 0 aliphatic rings. The van der Waals surface area contributed by atoms with Crippen molar-refractivity contribution < 1.29 is 14.6 Å². The van der Waals surface area contributed by atoms with Crippen LogP contribution in [-0.4, -0.2) is 46.4 Å². The predicted molar refractivity (Wildman–Crippen MR) is 159 cm³/mol. The van der Waals surface area contributed by atoms with Crippen molar-refractivity contribution in [3.63, 3.8) is 0 Å². The Morgan fingerprint density at radius 3 is 2.67 bits per heavy atom. The molecule has 0 saturated heterocycles. The Balaban J connectivity index is 1.26. The number of aromatic nitrogens is 7. The van der Waals surface area contributed by atoms with E-state index in [0.717, 1.165) is 11.6 Å². The number of hydrogen-bond acceptors (Lipinski definition) is 8. The molecule has 216 valence electrons. The number of amides is 1. The summed E-state index contributed by atoms with van der Waals surface area (Å²) in [5, 5.41) is 25.5. The summed E-state index contributed by atoms with van der Waals surface area (Å²) in [6.07, 6.45) is 1.11. The standard InChI is InChI=1S/C29H22Cl2N8O4/c30-19-7-9-23(39-15-32-37-38-39)18(11-19)14-43-29(42)34-22(10-16-4-2-1-3-5-16)28-35-26(27(31)36-28)17-6-8-21-20(12-17)24(40)13-25(41)33-21/h1-9,11-13,15,22H,10,14H2,(H,34,42)(H,35,36)(H2,33,40,41)/t22-/m0/s1. The molecule has 0 radical (unpaired) electrons. The molecule has 14 heteroatoms. The van der Waals surface area contributed by atoms with Crippen molar-refractivity contribution in [2.24, 2.45) is 0 Å². The number of imidazole rings is 1. The summed E-state index contributed by atoms with van der Waals surface area (Å²) in [5.41, 5.74) is 3.20. The Morgan fingerprint density at radius 2 is 1.88 bits per heavy atom. The number of rotatable bonds is 8. The van der Waals surface area contributed by atoms with Gasteiger partial charge in [0.1, 0.15) is 35.4 Å². The van der Waals surface area contributed by atoms with Gasteiger partial charge < -0.3 is 25.1 Å². The molecule has 0 fully saturated rings. The number of aromatic amines is 2. The third-order valence-electron chi connectivity index (χ3n) is 6.67. The van der Waals surface area contributed by atoms with E-state index in [0.29, 0.717) is 50.7 Å². The number of hydrogen-bond donors (Lipinski definition) is 4. The van der Waals surface area contributed by atoms with Gasteiger partial charge in [-0.25, -0.2) is 14.5 Å². The monoisotopic (exact) mass is 616 g/mol. The second kappa shape index (κ2) is 12.0. The van der Waals surface area contributed by atoms with Crippen LogP contribution in [0.5, 0.6) is 5.75 Å². The first-order valence-corrected chi connectivity index (χ1v) is 13.7. The maximum Gasteiger partial charge on any atom is 0.408 e. The van der Waals surface area contributed by atoms with Gasteiger partial charge >= 0.3 is 6.09 Å². The van der Waals surface area contributed by atoms with Crippen LogP contribution in [0.15, 0.2) is 83.9 Å². The fourth-order valence-corrected chi connectivity index (χ4v) is 5.11. The molecule has 43 heavy (non-hydrogen) atoms. The van der Waals surface area contributed by atoms with Crippen molar-refractivity contribution in [2.45, 2.75) is 19.1 Å². The number of carbonyl (C=O) groups excluding carboxylic acids is 1. The normalized spacial score (nSPS) is 11.9. The van der Waals surface area contributed by atoms with Gasteiger partial charge in [-0.15, -0.1) is 5.10 Å². The van der Waals surface area contributed by atoms with Crippen molar-refractivity contribution >= 4 is 40.2 Å². The van der Waals surface area contributed by atoms with Crippen LogP contribution < -0.4 is 10.9 Å². The number of nitrogens with one attached hydrogen (secondary N) is 3. The molecule has 4 N–H and O–H groups in total. The van der Waals surface area contributed by atoms with Crippen LogP contribution in [0.2, 0.25) is 10.2 Å². The lowest BCUT2D eigenvalue weighted by molar-refractivity contribution is 0.135. The van der Waals surface area contributed by atoms with Gasteiger partial charge in [0.05, 0.1) is 17.2 Å². The van der Waals surface area contributed by atoms with Gasteiger partial charge in [0.2, 0.25) is 0 Å². The molecule has 0 aliphatic carbocycles. The van der Waals surface area contributed by atoms with Crippen LogP contribution in [0.3, 0.4) is 0 Å². The third kappa shape index (κ3) is 6.20. The lowest BCUT2D eigenvalue weighted by Crippen LogP contribution is -2.31. The minimum absolute atomic E-state index is 0.105. The maximum absolute atomic E-state index is 13.1. The van der Waals surface area contributed by atoms with Crippen molar-refractivity contribution in [3.05, 3.63) is 117 Å². The molecule has 1 atom stereocenters. The van der Waals surface area contributed by atoms with Gasteiger partial charge in [-0.1, -0.05) is 59.6 Å². The first-order chi connectivity index (χ1) is 20.8. The smallest absolute Gasteiger partial charge is 0.408 e. The van der Waals surface area contributed by atoms with E-state index in [4.69, 9.17) is 32.9 Å². The molecule has 6 rings (SSSR count). The van der Waals surface area contributed by atoms with Crippen LogP contribution in [0.25, 0.3) is 27.8 Å². The van der Waals surface area contributed by atoms with E-state index in [-0.39, 0.29) is 17.5 Å². The van der Waals surface area contributed by atoms with Crippen molar-refractivity contribution in [3.8, 4) is 22.7 Å². The first-order valence-electron chi connectivity index (χ1n) is 12.9. The number of carbonyl (C=O) groups is 1. The minimum atomic E-state index is -0.697. The van der Waals surface area contributed by atoms with Crippen molar-refractivity contribution in [2.75, 3.05) is 0 Å². The summed E-state index contributed by atoms with van der Waals surface area (Å²) in [4.78, 5) is 35.3. The van der Waals surface area contributed by atoms with Crippen LogP contribution in [0, 0.1) is 0 Å². The summed E-state index contributed by atoms with van der Waals surface area (Å²) in [6.45, 7) is -0.105. The largest absolute Gasteiger partial charge is 0.507 e. The molecule has 12 nitrogen and oxygen atoms in total. The second-order valence-corrected chi connectivity index (χ2v) is 10.4. The van der Waals surface area contributed by atoms with Crippen molar-refractivity contribution in [1.29, 1.82) is 0 Å². The zero-order chi connectivity index (χ0) is 29.9. The Labute approximate surface area is 253 Å². The summed E-state index contributed by atoms with van der Waals surface area (Å²) < 4.78 is 7.03. The number of halogens is 2. The number of benzene rings is 3. The molecule has 0 aliphatic heterocycles. The van der Waals surface area contributed by atoms with E-state index < -0.39 is 17.7 Å². The highest BCUT2D eigenvalue weighted by molar-refractivity contribution is 6.32. The highest BCUT2D eigenvalue weighted by Crippen LogP contribution is 2.32. The fourth-order valence-electron chi connectivity index (χ4n) is 4.67. The molecular formula is C29H22Cl2N8O4. The Bertz CT molecular complexity index is 1980. The zero-order valence-electron chi connectivity index (χ0n) is 22.2. The quantitative estimate of drug-likeness (QED) is 0.183. The SMILES string of the molecule is O=C(N[C@@H](Cc1ccccc1)c1nc(-c2ccc3[nH]c(=O)cc(O)c3c2)c(Cl)[nH]1)OCc1cc(Cl)ccc1-n1cnnn1. The molecule has 1 amide bonds. The van der Waals surface area contributed by atoms with E-state index >= 15 is 0 Å². The van der Waals surface area contributed by atoms with Gasteiger partial charge in [-0.3, -0.25) is 4.79 Å². The summed E-state index contributed by atoms with van der Waals surface area (Å²) in [5.74, 6) is 0.227. The topological polar surface area (TPSA) is 164 Å². The molecule has 3 heterocycles. The number of H-pyrrole nitrogens is 2. The van der Waals surface area contributed by atoms with Gasteiger partial charge in [0, 0.05) is 34.0 Å². The molecule has 0 saturated carbocycles. The molecule has 0 unspecified atom stereocenters. The molecule has 0 bridgehead atoms. The average molecular weight is 617 g/mol. The van der Waals surface area contributed by atoms with Crippen molar-refractivity contribution in [1.82, 2.24) is 40.5 Å². The van der Waals surface area contributed by atoms with E-state index in [1.165, 1.54) is 11.0 Å². The summed E-state index contributed by atoms with van der Waals surface area (Å²) in [7, 11) is 0. The fraction of sp³-hybridized carbons (Fsp3) is 0.103. The lowest BCUT2D eigenvalue weighted by Gasteiger charge is -2.17. The van der Waals surface area contributed by atoms with Gasteiger partial charge in [0.15, 0.2) is 0 Å². The summed E-state index contributed by atoms with van der Waals surface area (Å²) in [6, 6.07) is 20.2. The van der Waals surface area contributed by atoms with E-state index in [2.05, 4.69) is 30.8 Å². The maximum atomic E-state index is 13.1. The Hall–Kier alpha value is -5.20. The number of aromatic hydroxyl groups is 1. The first kappa shape index (κ1) is 27.9. The van der Waals surface area contributed by atoms with Crippen LogP contribution >= 0.6 is 23.2 Å². The third-order valence-corrected chi connectivity index (χ3v) is 7.18. The zero-order valence-corrected chi connectivity index (χ0v) is 23.7. The van der Waals surface area contributed by atoms with Gasteiger partial charge in [-0.05, 0) is 46.3 Å². The predicted octanol–water partition coefficient (Wildman–Crippen LogP) is 5.12. The highest BCUT2D eigenvalue weighted by atomic mass is 35.5. The molecule has 6 aromatic rings. The molecule has 3 aromatic heterocycles. The van der Waals surface area contributed by atoms with E-state index in [9.17, 15) is 14.7 Å². The van der Waals surface area contributed by atoms with Crippen LogP contribution in [-0.2, 0) is 17.8 Å². The number of fused-ring (bicyclic) bond motifs is 1. The molecular weight excluding hydrogens is 595 g/mol. The number of alkyl carbamates (subject to hydrolysis) is 1. The van der Waals surface area contributed by atoms with Gasteiger partial charge in [-0.2, -0.15) is 0 Å². The average Bonchev–Trinajstić information content (AvgIpc) is 3.66. The Morgan fingerprint density at radius 1 is 1.05 bits per heavy atom.